The van der Waals surface area contributed by atoms with Gasteiger partial charge >= 0.3 is 0 Å². The first-order valence-corrected chi connectivity index (χ1v) is 16.0. The van der Waals surface area contributed by atoms with Crippen molar-refractivity contribution < 1.29 is 0 Å². The molecule has 0 saturated heterocycles. The fourth-order valence-corrected chi connectivity index (χ4v) is 9.20. The van der Waals surface area contributed by atoms with E-state index in [0.717, 1.165) is 39.1 Å². The summed E-state index contributed by atoms with van der Waals surface area (Å²) in [6, 6.07) is 30.5. The number of nitrogens with zero attached hydrogens (tertiary/aromatic N) is 5. The van der Waals surface area contributed by atoms with Crippen LogP contribution in [0.3, 0.4) is 0 Å². The number of fused-ring (bicyclic) bond motifs is 16. The molecule has 46 heavy (non-hydrogen) atoms. The van der Waals surface area contributed by atoms with Crippen molar-refractivity contribution in [2.45, 2.75) is 38.5 Å². The lowest BCUT2D eigenvalue weighted by Crippen LogP contribution is -2.16. The van der Waals surface area contributed by atoms with E-state index >= 15 is 0 Å². The van der Waals surface area contributed by atoms with Crippen LogP contribution in [0.25, 0.3) is 77.3 Å². The van der Waals surface area contributed by atoms with Crippen LogP contribution in [-0.4, -0.2) is 23.9 Å². The molecule has 9 aromatic rings. The molecule has 5 nitrogen and oxygen atoms in total. The maximum absolute atomic E-state index is 5.22. The third-order valence-electron chi connectivity index (χ3n) is 11.2. The largest absolute Gasteiger partial charge is 0.305 e. The van der Waals surface area contributed by atoms with E-state index in [4.69, 9.17) is 15.0 Å². The van der Waals surface area contributed by atoms with Gasteiger partial charge in [0.2, 0.25) is 0 Å². The van der Waals surface area contributed by atoms with E-state index in [1.54, 1.807) is 0 Å². The first kappa shape index (κ1) is 24.7. The number of rotatable bonds is 1. The molecule has 0 amide bonds. The van der Waals surface area contributed by atoms with Crippen molar-refractivity contribution in [2.75, 3.05) is 0 Å². The number of imidazole rings is 1. The number of aromatic nitrogens is 5. The molecule has 0 aliphatic heterocycles. The molecule has 0 spiro atoms. The van der Waals surface area contributed by atoms with Crippen molar-refractivity contribution in [1.82, 2.24) is 23.9 Å². The number of benzene rings is 4. The van der Waals surface area contributed by atoms with Gasteiger partial charge in [-0.25, -0.2) is 4.98 Å². The van der Waals surface area contributed by atoms with Crippen molar-refractivity contribution >= 4 is 49.1 Å². The highest BCUT2D eigenvalue weighted by Crippen LogP contribution is 2.56. The van der Waals surface area contributed by atoms with Gasteiger partial charge in [0.15, 0.2) is 0 Å². The quantitative estimate of drug-likeness (QED) is 0.191. The predicted octanol–water partition coefficient (Wildman–Crippen LogP) is 9.58. The normalized spacial score (nSPS) is 15.7. The molecule has 2 aliphatic carbocycles. The highest BCUT2D eigenvalue weighted by Gasteiger charge is 2.42. The SMILES string of the molecule is CC1(C)c2ccccc2-c2ncc3c(c21)c1cc2c(ncn2-c2ccccc2)c2c4c5c(ncc4n3c12)-c1ccccc1C5(C)C. The smallest absolute Gasteiger partial charge is 0.100 e. The summed E-state index contributed by atoms with van der Waals surface area (Å²) in [6.45, 7) is 9.39. The topological polar surface area (TPSA) is 48.0 Å². The van der Waals surface area contributed by atoms with Crippen molar-refractivity contribution in [2.24, 2.45) is 0 Å². The molecule has 5 aromatic heterocycles. The Morgan fingerprint density at radius 3 is 1.78 bits per heavy atom. The van der Waals surface area contributed by atoms with Crippen LogP contribution in [0.4, 0.5) is 0 Å². The van der Waals surface area contributed by atoms with E-state index in [9.17, 15) is 0 Å². The lowest BCUT2D eigenvalue weighted by atomic mass is 9.80. The summed E-state index contributed by atoms with van der Waals surface area (Å²) in [5, 5.41) is 4.97. The zero-order valence-corrected chi connectivity index (χ0v) is 26.1. The molecule has 5 heteroatoms. The van der Waals surface area contributed by atoms with Crippen molar-refractivity contribution in [1.29, 1.82) is 0 Å². The van der Waals surface area contributed by atoms with Crippen LogP contribution >= 0.6 is 0 Å². The summed E-state index contributed by atoms with van der Waals surface area (Å²) in [5.74, 6) is 0. The summed E-state index contributed by atoms with van der Waals surface area (Å²) in [5.41, 5.74) is 16.1. The van der Waals surface area contributed by atoms with Crippen LogP contribution in [0.2, 0.25) is 0 Å². The Labute approximate surface area is 265 Å². The monoisotopic (exact) mass is 591 g/mol. The van der Waals surface area contributed by atoms with Gasteiger partial charge in [-0.05, 0) is 40.5 Å². The van der Waals surface area contributed by atoms with Gasteiger partial charge in [0, 0.05) is 49.2 Å². The van der Waals surface area contributed by atoms with Crippen LogP contribution in [0.1, 0.15) is 49.9 Å². The Balaban J connectivity index is 1.40. The van der Waals surface area contributed by atoms with Crippen LogP contribution in [0.15, 0.2) is 104 Å². The first-order valence-electron chi connectivity index (χ1n) is 16.0. The summed E-state index contributed by atoms with van der Waals surface area (Å²) in [7, 11) is 0. The Kier molecular flexibility index (Phi) is 4.20. The molecule has 0 N–H and O–H groups in total. The van der Waals surface area contributed by atoms with Crippen LogP contribution in [0, 0.1) is 0 Å². The molecular formula is C41H29N5. The Hall–Kier alpha value is -5.55. The Morgan fingerprint density at radius 2 is 1.13 bits per heavy atom. The van der Waals surface area contributed by atoms with E-state index in [2.05, 4.69) is 134 Å². The van der Waals surface area contributed by atoms with Gasteiger partial charge in [-0.1, -0.05) is 94.4 Å². The standard InChI is InChI=1S/C41H29N5/c1-40(2)26-16-10-8-14-23(26)36-34(40)31-25-18-28-38(44-21-45(28)22-12-6-5-7-13-22)33-32-30(46(39(25)33)29(31)19-42-36)20-43-37-24-15-9-11-17-27(24)41(3,4)35(32)37/h5-21H,1-4H3. The summed E-state index contributed by atoms with van der Waals surface area (Å²) in [4.78, 5) is 15.6. The van der Waals surface area contributed by atoms with E-state index < -0.39 is 0 Å². The van der Waals surface area contributed by atoms with Gasteiger partial charge in [0.05, 0.1) is 51.4 Å². The molecule has 0 bridgehead atoms. The predicted molar refractivity (Wildman–Crippen MR) is 186 cm³/mol. The van der Waals surface area contributed by atoms with Crippen LogP contribution in [0.5, 0.6) is 0 Å². The number of hydrogen-bond donors (Lipinski definition) is 0. The van der Waals surface area contributed by atoms with E-state index in [0.29, 0.717) is 0 Å². The molecule has 0 atom stereocenters. The molecule has 218 valence electrons. The minimum atomic E-state index is -0.219. The van der Waals surface area contributed by atoms with Gasteiger partial charge in [0.1, 0.15) is 6.33 Å². The van der Waals surface area contributed by atoms with Gasteiger partial charge < -0.3 is 4.40 Å². The molecule has 5 heterocycles. The van der Waals surface area contributed by atoms with Gasteiger partial charge in [-0.2, -0.15) is 0 Å². The van der Waals surface area contributed by atoms with Crippen LogP contribution < -0.4 is 0 Å². The van der Waals surface area contributed by atoms with E-state index in [-0.39, 0.29) is 10.8 Å². The maximum atomic E-state index is 5.22. The molecule has 2 aliphatic rings. The molecule has 11 rings (SSSR count). The Morgan fingerprint density at radius 1 is 0.565 bits per heavy atom. The van der Waals surface area contributed by atoms with Crippen LogP contribution in [-0.2, 0) is 10.8 Å². The molecule has 0 unspecified atom stereocenters. The average molecular weight is 592 g/mol. The van der Waals surface area contributed by atoms with Gasteiger partial charge in [-0.3, -0.25) is 14.5 Å². The lowest BCUT2D eigenvalue weighted by molar-refractivity contribution is 0.665. The zero-order valence-electron chi connectivity index (χ0n) is 26.1. The number of para-hydroxylation sites is 1. The third-order valence-corrected chi connectivity index (χ3v) is 11.2. The molecule has 4 aromatic carbocycles. The Bertz CT molecular complexity index is 2800. The lowest BCUT2D eigenvalue weighted by Gasteiger charge is -2.23. The van der Waals surface area contributed by atoms with Gasteiger partial charge in [0.25, 0.3) is 0 Å². The summed E-state index contributed by atoms with van der Waals surface area (Å²) >= 11 is 0. The number of pyridine rings is 2. The minimum Gasteiger partial charge on any atom is -0.305 e. The van der Waals surface area contributed by atoms with E-state index in [1.165, 1.54) is 60.4 Å². The fourth-order valence-electron chi connectivity index (χ4n) is 9.20. The van der Waals surface area contributed by atoms with Crippen molar-refractivity contribution in [3.8, 4) is 28.2 Å². The van der Waals surface area contributed by atoms with E-state index in [1.807, 2.05) is 6.33 Å². The molecule has 0 fully saturated rings. The fraction of sp³-hybridized carbons (Fsp3) is 0.146. The van der Waals surface area contributed by atoms with Crippen molar-refractivity contribution in [3.63, 3.8) is 0 Å². The third kappa shape index (κ3) is 2.62. The summed E-state index contributed by atoms with van der Waals surface area (Å²) in [6.07, 6.45) is 6.19. The highest BCUT2D eigenvalue weighted by molar-refractivity contribution is 6.32. The first-order chi connectivity index (χ1) is 22.4. The second-order valence-corrected chi connectivity index (χ2v) is 14.1. The minimum absolute atomic E-state index is 0.200. The van der Waals surface area contributed by atoms with Crippen molar-refractivity contribution in [3.05, 3.63) is 126 Å². The molecule has 0 saturated carbocycles. The summed E-state index contributed by atoms with van der Waals surface area (Å²) < 4.78 is 4.68. The number of hydrogen-bond acceptors (Lipinski definition) is 3. The molecule has 0 radical (unpaired) electrons. The van der Waals surface area contributed by atoms with Gasteiger partial charge in [-0.15, -0.1) is 0 Å². The maximum Gasteiger partial charge on any atom is 0.100 e. The highest BCUT2D eigenvalue weighted by atomic mass is 15.1. The second-order valence-electron chi connectivity index (χ2n) is 14.1. The zero-order chi connectivity index (χ0) is 30.7. The second kappa shape index (κ2) is 7.80. The molecular weight excluding hydrogens is 562 g/mol. The average Bonchev–Trinajstić information content (AvgIpc) is 3.84.